The first-order valence-corrected chi connectivity index (χ1v) is 7.85. The van der Waals surface area contributed by atoms with E-state index < -0.39 is 5.97 Å². The first kappa shape index (κ1) is 14.8. The van der Waals surface area contributed by atoms with Gasteiger partial charge in [-0.15, -0.1) is 0 Å². The van der Waals surface area contributed by atoms with E-state index in [1.54, 1.807) is 0 Å². The van der Waals surface area contributed by atoms with Crippen LogP contribution in [-0.2, 0) is 4.79 Å². The van der Waals surface area contributed by atoms with Crippen LogP contribution in [0.3, 0.4) is 0 Å². The average Bonchev–Trinajstić information content (AvgIpc) is 2.26. The van der Waals surface area contributed by atoms with Crippen molar-refractivity contribution in [1.82, 2.24) is 10.2 Å². The zero-order valence-corrected chi connectivity index (χ0v) is 12.3. The summed E-state index contributed by atoms with van der Waals surface area (Å²) in [7, 11) is 0. The van der Waals surface area contributed by atoms with E-state index in [0.29, 0.717) is 18.1 Å². The van der Waals surface area contributed by atoms with Crippen LogP contribution in [0.1, 0.15) is 52.4 Å². The third-order valence-corrected chi connectivity index (χ3v) is 4.98. The van der Waals surface area contributed by atoms with Gasteiger partial charge in [-0.05, 0) is 44.6 Å². The van der Waals surface area contributed by atoms with Crippen LogP contribution in [0.2, 0.25) is 0 Å². The molecule has 4 nitrogen and oxygen atoms in total. The number of carboxylic acids is 1. The molecule has 0 aromatic rings. The van der Waals surface area contributed by atoms with Crippen molar-refractivity contribution in [3.63, 3.8) is 0 Å². The maximum atomic E-state index is 10.8. The highest BCUT2D eigenvalue weighted by Gasteiger charge is 2.36. The van der Waals surface area contributed by atoms with Crippen LogP contribution in [0.5, 0.6) is 0 Å². The quantitative estimate of drug-likeness (QED) is 0.708. The Labute approximate surface area is 116 Å². The van der Waals surface area contributed by atoms with Gasteiger partial charge < -0.3 is 10.4 Å². The lowest BCUT2D eigenvalue weighted by Crippen LogP contribution is -2.57. The third-order valence-electron chi connectivity index (χ3n) is 4.98. The highest BCUT2D eigenvalue weighted by molar-refractivity contribution is 5.69. The number of nitrogens with zero attached hydrogens (tertiary/aromatic N) is 1. The Morgan fingerprint density at radius 1 is 1.37 bits per heavy atom. The molecule has 0 aliphatic heterocycles. The van der Waals surface area contributed by atoms with Crippen LogP contribution in [0.15, 0.2) is 0 Å². The standard InChI is InChI=1S/C15H28N2O2/c1-3-14(11-6-5-7-11)16-12-8-13(9-12)17(4-2)10-15(18)19/h11-14,16H,3-10H2,1-2H3,(H,18,19). The Morgan fingerprint density at radius 3 is 2.47 bits per heavy atom. The fourth-order valence-corrected chi connectivity index (χ4v) is 3.43. The molecule has 1 unspecified atom stereocenters. The molecule has 2 N–H and O–H groups in total. The molecule has 0 radical (unpaired) electrons. The van der Waals surface area contributed by atoms with Gasteiger partial charge >= 0.3 is 5.97 Å². The van der Waals surface area contributed by atoms with Crippen molar-refractivity contribution in [3.05, 3.63) is 0 Å². The molecule has 1 atom stereocenters. The second-order valence-electron chi connectivity index (χ2n) is 6.15. The number of aliphatic carboxylic acids is 1. The maximum Gasteiger partial charge on any atom is 0.317 e. The first-order valence-electron chi connectivity index (χ1n) is 7.85. The minimum absolute atomic E-state index is 0.188. The minimum Gasteiger partial charge on any atom is -0.480 e. The molecule has 0 aromatic heterocycles. The van der Waals surface area contributed by atoms with E-state index in [9.17, 15) is 4.79 Å². The number of rotatable bonds is 8. The second kappa shape index (κ2) is 6.71. The largest absolute Gasteiger partial charge is 0.480 e. The highest BCUT2D eigenvalue weighted by Crippen LogP contribution is 2.33. The average molecular weight is 268 g/mol. The molecule has 4 heteroatoms. The van der Waals surface area contributed by atoms with E-state index >= 15 is 0 Å². The molecule has 19 heavy (non-hydrogen) atoms. The number of carbonyl (C=O) groups is 1. The molecule has 0 bridgehead atoms. The Bertz CT molecular complexity index is 299. The van der Waals surface area contributed by atoms with E-state index in [0.717, 1.165) is 25.3 Å². The number of hydrogen-bond donors (Lipinski definition) is 2. The third kappa shape index (κ3) is 3.69. The molecule has 0 amide bonds. The number of likely N-dealkylation sites (N-methyl/N-ethyl adjacent to an activating group) is 1. The van der Waals surface area contributed by atoms with Gasteiger partial charge in [-0.3, -0.25) is 9.69 Å². The molecule has 2 aliphatic carbocycles. The van der Waals surface area contributed by atoms with E-state index in [1.807, 2.05) is 6.92 Å². The molecule has 0 aromatic carbocycles. The first-order chi connectivity index (χ1) is 9.13. The zero-order valence-electron chi connectivity index (χ0n) is 12.3. The lowest BCUT2D eigenvalue weighted by atomic mass is 9.77. The summed E-state index contributed by atoms with van der Waals surface area (Å²) >= 11 is 0. The van der Waals surface area contributed by atoms with Crippen LogP contribution in [0.25, 0.3) is 0 Å². The SMILES string of the molecule is CCC(NC1CC(N(CC)CC(=O)O)C1)C1CCC1. The van der Waals surface area contributed by atoms with Gasteiger partial charge in [0.2, 0.25) is 0 Å². The molecular weight excluding hydrogens is 240 g/mol. The second-order valence-corrected chi connectivity index (χ2v) is 6.15. The van der Waals surface area contributed by atoms with Crippen molar-refractivity contribution in [2.75, 3.05) is 13.1 Å². The molecule has 2 rings (SSSR count). The number of hydrogen-bond acceptors (Lipinski definition) is 3. The van der Waals surface area contributed by atoms with Gasteiger partial charge in [0.25, 0.3) is 0 Å². The van der Waals surface area contributed by atoms with Crippen LogP contribution >= 0.6 is 0 Å². The summed E-state index contributed by atoms with van der Waals surface area (Å²) in [6.07, 6.45) is 7.63. The summed E-state index contributed by atoms with van der Waals surface area (Å²) in [4.78, 5) is 12.9. The van der Waals surface area contributed by atoms with Gasteiger partial charge in [0.1, 0.15) is 0 Å². The summed E-state index contributed by atoms with van der Waals surface area (Å²) < 4.78 is 0. The topological polar surface area (TPSA) is 52.6 Å². The van der Waals surface area contributed by atoms with Crippen molar-refractivity contribution in [1.29, 1.82) is 0 Å². The van der Waals surface area contributed by atoms with E-state index in [1.165, 1.54) is 25.7 Å². The number of nitrogens with one attached hydrogen (secondary N) is 1. The van der Waals surface area contributed by atoms with Gasteiger partial charge in [0.15, 0.2) is 0 Å². The molecule has 2 saturated carbocycles. The van der Waals surface area contributed by atoms with Crippen LogP contribution in [0, 0.1) is 5.92 Å². The normalized spacial score (nSPS) is 28.8. The van der Waals surface area contributed by atoms with Crippen molar-refractivity contribution in [2.24, 2.45) is 5.92 Å². The van der Waals surface area contributed by atoms with Crippen LogP contribution in [0.4, 0.5) is 0 Å². The summed E-state index contributed by atoms with van der Waals surface area (Å²) in [6.45, 7) is 5.35. The molecule has 0 saturated heterocycles. The van der Waals surface area contributed by atoms with E-state index in [4.69, 9.17) is 5.11 Å². The smallest absolute Gasteiger partial charge is 0.317 e. The predicted molar refractivity (Wildman–Crippen MR) is 76.2 cm³/mol. The van der Waals surface area contributed by atoms with Crippen LogP contribution < -0.4 is 5.32 Å². The monoisotopic (exact) mass is 268 g/mol. The molecular formula is C15H28N2O2. The Balaban J connectivity index is 1.70. The highest BCUT2D eigenvalue weighted by atomic mass is 16.4. The molecule has 0 spiro atoms. The van der Waals surface area contributed by atoms with Crippen LogP contribution in [-0.4, -0.2) is 47.2 Å². The van der Waals surface area contributed by atoms with E-state index in [2.05, 4.69) is 17.1 Å². The Kier molecular flexibility index (Phi) is 5.22. The lowest BCUT2D eigenvalue weighted by Gasteiger charge is -2.45. The molecule has 110 valence electrons. The van der Waals surface area contributed by atoms with Crippen molar-refractivity contribution < 1.29 is 9.90 Å². The maximum absolute atomic E-state index is 10.8. The molecule has 0 heterocycles. The Morgan fingerprint density at radius 2 is 2.05 bits per heavy atom. The summed E-state index contributed by atoms with van der Waals surface area (Å²) in [5.74, 6) is 0.185. The fourth-order valence-electron chi connectivity index (χ4n) is 3.43. The van der Waals surface area contributed by atoms with Gasteiger partial charge in [0.05, 0.1) is 6.54 Å². The molecule has 2 fully saturated rings. The van der Waals surface area contributed by atoms with Gasteiger partial charge in [-0.1, -0.05) is 20.3 Å². The van der Waals surface area contributed by atoms with E-state index in [-0.39, 0.29) is 6.54 Å². The molecule has 2 aliphatic rings. The van der Waals surface area contributed by atoms with Gasteiger partial charge in [-0.25, -0.2) is 0 Å². The zero-order chi connectivity index (χ0) is 13.8. The predicted octanol–water partition coefficient (Wildman–Crippen LogP) is 2.09. The minimum atomic E-state index is -0.709. The van der Waals surface area contributed by atoms with Gasteiger partial charge in [-0.2, -0.15) is 0 Å². The summed E-state index contributed by atoms with van der Waals surface area (Å²) in [5.41, 5.74) is 0. The lowest BCUT2D eigenvalue weighted by molar-refractivity contribution is -0.139. The van der Waals surface area contributed by atoms with Crippen molar-refractivity contribution >= 4 is 5.97 Å². The fraction of sp³-hybridized carbons (Fsp3) is 0.933. The number of carboxylic acid groups (broad SMARTS) is 1. The van der Waals surface area contributed by atoms with Crippen molar-refractivity contribution in [3.8, 4) is 0 Å². The summed E-state index contributed by atoms with van der Waals surface area (Å²) in [6, 6.07) is 1.77. The van der Waals surface area contributed by atoms with Gasteiger partial charge in [0, 0.05) is 18.1 Å². The van der Waals surface area contributed by atoms with Crippen molar-refractivity contribution in [2.45, 2.75) is 70.5 Å². The summed E-state index contributed by atoms with van der Waals surface area (Å²) in [5, 5.41) is 12.7. The Hall–Kier alpha value is -0.610.